The molecule has 0 fully saturated rings. The first-order chi connectivity index (χ1) is 14.8. The lowest BCUT2D eigenvalue weighted by Crippen LogP contribution is -2.30. The molecule has 1 amide bonds. The van der Waals surface area contributed by atoms with Gasteiger partial charge in [-0.05, 0) is 49.1 Å². The van der Waals surface area contributed by atoms with Gasteiger partial charge in [0.25, 0.3) is 11.5 Å². The van der Waals surface area contributed by atoms with Crippen molar-refractivity contribution in [2.75, 3.05) is 5.32 Å². The van der Waals surface area contributed by atoms with Crippen LogP contribution in [-0.2, 0) is 20.7 Å². The third-order valence-corrected chi connectivity index (χ3v) is 4.98. The molecule has 3 aromatic rings. The van der Waals surface area contributed by atoms with Gasteiger partial charge in [-0.1, -0.05) is 38.1 Å². The minimum absolute atomic E-state index is 0.122. The van der Waals surface area contributed by atoms with Gasteiger partial charge in [0.05, 0.1) is 10.9 Å². The number of nitrogens with zero attached hydrogens (tertiary/aromatic N) is 1. The lowest BCUT2D eigenvalue weighted by molar-refractivity contribution is -0.153. The van der Waals surface area contributed by atoms with Crippen LogP contribution in [0.15, 0.2) is 53.3 Å². The second-order valence-electron chi connectivity index (χ2n) is 7.78. The van der Waals surface area contributed by atoms with Crippen LogP contribution in [0.1, 0.15) is 50.9 Å². The molecule has 162 valence electrons. The first-order valence-corrected chi connectivity index (χ1v) is 10.4. The number of benzene rings is 2. The Hall–Kier alpha value is -3.48. The number of carbonyl (C=O) groups excluding carboxylic acids is 2. The average molecular weight is 421 g/mol. The van der Waals surface area contributed by atoms with Gasteiger partial charge in [-0.3, -0.25) is 14.4 Å². The number of aromatic nitrogens is 2. The van der Waals surface area contributed by atoms with Gasteiger partial charge < -0.3 is 15.0 Å². The third kappa shape index (κ3) is 6.01. The largest absolute Gasteiger partial charge is 0.453 e. The number of nitrogens with one attached hydrogen (secondary N) is 2. The number of aryl methyl sites for hydroxylation is 1. The van der Waals surface area contributed by atoms with Crippen molar-refractivity contribution in [1.82, 2.24) is 9.97 Å². The van der Waals surface area contributed by atoms with E-state index >= 15 is 0 Å². The quantitative estimate of drug-likeness (QED) is 0.537. The molecule has 0 bridgehead atoms. The summed E-state index contributed by atoms with van der Waals surface area (Å²) in [6.07, 6.45) is 0.0937. The molecule has 2 aromatic carbocycles. The maximum Gasteiger partial charge on any atom is 0.306 e. The Bertz CT molecular complexity index is 1120. The molecule has 0 radical (unpaired) electrons. The molecule has 1 aromatic heterocycles. The highest BCUT2D eigenvalue weighted by atomic mass is 16.5. The van der Waals surface area contributed by atoms with Gasteiger partial charge in [0.2, 0.25) is 0 Å². The van der Waals surface area contributed by atoms with E-state index in [0.29, 0.717) is 41.2 Å². The van der Waals surface area contributed by atoms with E-state index < -0.39 is 12.1 Å². The summed E-state index contributed by atoms with van der Waals surface area (Å²) in [4.78, 5) is 43.6. The maximum absolute atomic E-state index is 12.3. The Morgan fingerprint density at radius 2 is 1.77 bits per heavy atom. The van der Waals surface area contributed by atoms with Crippen molar-refractivity contribution in [3.8, 4) is 0 Å². The lowest BCUT2D eigenvalue weighted by atomic mass is 10.0. The molecule has 1 atom stereocenters. The first-order valence-electron chi connectivity index (χ1n) is 10.4. The van der Waals surface area contributed by atoms with Crippen molar-refractivity contribution in [3.63, 3.8) is 0 Å². The molecule has 0 aliphatic rings. The number of fused-ring (bicyclic) bond motifs is 1. The molecule has 0 saturated carbocycles. The molecule has 2 N–H and O–H groups in total. The van der Waals surface area contributed by atoms with Crippen molar-refractivity contribution >= 4 is 28.5 Å². The topological polar surface area (TPSA) is 101 Å². The number of esters is 1. The molecule has 0 aliphatic heterocycles. The van der Waals surface area contributed by atoms with Gasteiger partial charge in [-0.15, -0.1) is 0 Å². The van der Waals surface area contributed by atoms with Crippen molar-refractivity contribution in [2.45, 2.75) is 52.1 Å². The first kappa shape index (κ1) is 22.2. The molecule has 0 unspecified atom stereocenters. The zero-order valence-electron chi connectivity index (χ0n) is 18.0. The molecule has 3 rings (SSSR count). The van der Waals surface area contributed by atoms with Crippen molar-refractivity contribution in [3.05, 3.63) is 70.3 Å². The fraction of sp³-hybridized carbons (Fsp3) is 0.333. The van der Waals surface area contributed by atoms with Gasteiger partial charge in [0.1, 0.15) is 5.82 Å². The van der Waals surface area contributed by atoms with Crippen LogP contribution in [0, 0.1) is 0 Å². The van der Waals surface area contributed by atoms with Crippen LogP contribution in [0.25, 0.3) is 10.9 Å². The molecule has 31 heavy (non-hydrogen) atoms. The zero-order valence-corrected chi connectivity index (χ0v) is 18.0. The molecule has 1 heterocycles. The van der Waals surface area contributed by atoms with E-state index in [0.717, 1.165) is 0 Å². The smallest absolute Gasteiger partial charge is 0.306 e. The van der Waals surface area contributed by atoms with Gasteiger partial charge >= 0.3 is 5.97 Å². The summed E-state index contributed by atoms with van der Waals surface area (Å²) in [6.45, 7) is 5.74. The summed E-state index contributed by atoms with van der Waals surface area (Å²) >= 11 is 0. The van der Waals surface area contributed by atoms with Crippen LogP contribution >= 0.6 is 0 Å². The second kappa shape index (κ2) is 10.0. The molecular formula is C24H27N3O4. The van der Waals surface area contributed by atoms with Crippen molar-refractivity contribution in [2.24, 2.45) is 0 Å². The van der Waals surface area contributed by atoms with Gasteiger partial charge in [-0.25, -0.2) is 4.98 Å². The third-order valence-electron chi connectivity index (χ3n) is 4.98. The summed E-state index contributed by atoms with van der Waals surface area (Å²) in [5, 5.41) is 3.28. The van der Waals surface area contributed by atoms with Gasteiger partial charge in [0.15, 0.2) is 6.10 Å². The number of anilines is 1. The number of amides is 1. The number of aromatic amines is 1. The second-order valence-corrected chi connectivity index (χ2v) is 7.78. The van der Waals surface area contributed by atoms with Crippen LogP contribution in [0.5, 0.6) is 0 Å². The fourth-order valence-electron chi connectivity index (χ4n) is 3.16. The Morgan fingerprint density at radius 1 is 1.06 bits per heavy atom. The number of carbonyl (C=O) groups is 2. The molecule has 7 heteroatoms. The fourth-order valence-corrected chi connectivity index (χ4v) is 3.16. The van der Waals surface area contributed by atoms with Crippen LogP contribution in [0.3, 0.4) is 0 Å². The number of para-hydroxylation sites is 1. The summed E-state index contributed by atoms with van der Waals surface area (Å²) < 4.78 is 5.23. The number of hydrogen-bond donors (Lipinski definition) is 2. The molecule has 7 nitrogen and oxygen atoms in total. The van der Waals surface area contributed by atoms with Gasteiger partial charge in [0, 0.05) is 18.5 Å². The highest BCUT2D eigenvalue weighted by Crippen LogP contribution is 2.17. The van der Waals surface area contributed by atoms with E-state index in [1.807, 2.05) is 30.3 Å². The minimum Gasteiger partial charge on any atom is -0.453 e. The summed E-state index contributed by atoms with van der Waals surface area (Å²) in [5.41, 5.74) is 2.26. The predicted molar refractivity (Wildman–Crippen MR) is 120 cm³/mol. The Kier molecular flexibility index (Phi) is 7.18. The SMILES string of the molecule is CC(C)c1ccc(NC(=O)[C@H](C)OC(=O)CCCc2nc3ccccc3c(=O)[nH]2)cc1. The van der Waals surface area contributed by atoms with E-state index in [1.165, 1.54) is 12.5 Å². The van der Waals surface area contributed by atoms with Crippen LogP contribution < -0.4 is 10.9 Å². The van der Waals surface area contributed by atoms with Crippen molar-refractivity contribution in [1.29, 1.82) is 0 Å². The lowest BCUT2D eigenvalue weighted by Gasteiger charge is -2.14. The standard InChI is InChI=1S/C24H27N3O4/c1-15(2)17-11-13-18(14-12-17)25-23(29)16(3)31-22(28)10-6-9-21-26-20-8-5-4-7-19(20)24(30)27-21/h4-5,7-8,11-16H,6,9-10H2,1-3H3,(H,25,29)(H,26,27,30)/t16-/m0/s1. The van der Waals surface area contributed by atoms with Crippen LogP contribution in [0.4, 0.5) is 5.69 Å². The number of H-pyrrole nitrogens is 1. The van der Waals surface area contributed by atoms with E-state index in [4.69, 9.17) is 4.74 Å². The zero-order chi connectivity index (χ0) is 22.4. The van der Waals surface area contributed by atoms with Crippen LogP contribution in [-0.4, -0.2) is 27.9 Å². The summed E-state index contributed by atoms with van der Waals surface area (Å²) in [6, 6.07) is 14.7. The highest BCUT2D eigenvalue weighted by molar-refractivity contribution is 5.95. The molecule has 0 aliphatic carbocycles. The number of ether oxygens (including phenoxy) is 1. The highest BCUT2D eigenvalue weighted by Gasteiger charge is 2.18. The summed E-state index contributed by atoms with van der Waals surface area (Å²) in [7, 11) is 0. The molecular weight excluding hydrogens is 394 g/mol. The number of rotatable bonds is 8. The van der Waals surface area contributed by atoms with E-state index in [1.54, 1.807) is 18.2 Å². The number of hydrogen-bond acceptors (Lipinski definition) is 5. The van der Waals surface area contributed by atoms with Crippen LogP contribution in [0.2, 0.25) is 0 Å². The maximum atomic E-state index is 12.3. The average Bonchev–Trinajstić information content (AvgIpc) is 2.74. The van der Waals surface area contributed by atoms with E-state index in [-0.39, 0.29) is 17.9 Å². The van der Waals surface area contributed by atoms with E-state index in [9.17, 15) is 14.4 Å². The predicted octanol–water partition coefficient (Wildman–Crippen LogP) is 3.94. The Labute approximate surface area is 180 Å². The van der Waals surface area contributed by atoms with Gasteiger partial charge in [-0.2, -0.15) is 0 Å². The van der Waals surface area contributed by atoms with Crippen molar-refractivity contribution < 1.29 is 14.3 Å². The summed E-state index contributed by atoms with van der Waals surface area (Å²) in [5.74, 6) is 0.0755. The van der Waals surface area contributed by atoms with E-state index in [2.05, 4.69) is 29.1 Å². The monoisotopic (exact) mass is 421 g/mol. The molecule has 0 saturated heterocycles. The Morgan fingerprint density at radius 3 is 2.48 bits per heavy atom. The normalized spacial score (nSPS) is 12.0. The minimum atomic E-state index is -0.907. The molecule has 0 spiro atoms. The Balaban J connectivity index is 1.46.